The molecule has 0 radical (unpaired) electrons. The van der Waals surface area contributed by atoms with Gasteiger partial charge >= 0.3 is 0 Å². The highest BCUT2D eigenvalue weighted by atomic mass is 35.5. The maximum atomic E-state index is 14.3. The smallest absolute Gasteiger partial charge is 0.248 e. The first kappa shape index (κ1) is 29.3. The molecule has 8 nitrogen and oxygen atoms in total. The van der Waals surface area contributed by atoms with Crippen LogP contribution < -0.4 is 20.5 Å². The second-order valence-corrected chi connectivity index (χ2v) is 11.4. The van der Waals surface area contributed by atoms with Gasteiger partial charge in [0.15, 0.2) is 0 Å². The number of hydrogen-bond donors (Lipinski definition) is 3. The van der Waals surface area contributed by atoms with Gasteiger partial charge in [-0.15, -0.1) is 11.6 Å². The molecule has 2 amide bonds. The zero-order chi connectivity index (χ0) is 26.8. The summed E-state index contributed by atoms with van der Waals surface area (Å²) in [5, 5.41) is 3.35. The van der Waals surface area contributed by atoms with Crippen molar-refractivity contribution in [1.29, 1.82) is 0 Å². The Morgan fingerprint density at radius 2 is 1.81 bits per heavy atom. The van der Waals surface area contributed by atoms with Crippen molar-refractivity contribution in [3.05, 3.63) is 64.9 Å². The first-order valence-electron chi connectivity index (χ1n) is 12.1. The van der Waals surface area contributed by atoms with Gasteiger partial charge in [0.25, 0.3) is 0 Å². The van der Waals surface area contributed by atoms with E-state index in [9.17, 15) is 22.4 Å². The van der Waals surface area contributed by atoms with Gasteiger partial charge in [0, 0.05) is 41.2 Å². The van der Waals surface area contributed by atoms with Gasteiger partial charge in [-0.1, -0.05) is 55.1 Å². The van der Waals surface area contributed by atoms with Crippen molar-refractivity contribution in [1.82, 2.24) is 15.6 Å². The molecule has 1 aliphatic rings. The maximum Gasteiger partial charge on any atom is 0.248 e. The zero-order valence-electron chi connectivity index (χ0n) is 20.3. The fourth-order valence-corrected chi connectivity index (χ4v) is 5.76. The molecule has 1 fully saturated rings. The molecule has 3 rings (SSSR count). The Hall–Kier alpha value is -2.24. The van der Waals surface area contributed by atoms with Gasteiger partial charge in [-0.05, 0) is 37.1 Å². The molecular formula is C25H31Cl2FN4O4S. The van der Waals surface area contributed by atoms with Crippen LogP contribution in [-0.2, 0) is 19.6 Å². The minimum absolute atomic E-state index is 0.0336. The van der Waals surface area contributed by atoms with Gasteiger partial charge in [-0.2, -0.15) is 4.83 Å². The number of halogens is 3. The summed E-state index contributed by atoms with van der Waals surface area (Å²) in [7, 11) is -3.65. The maximum absolute atomic E-state index is 14.3. The standard InChI is InChI=1S/C25H31Cl2FN4O4S/c26-14-16-37(35,36)31-29-15-13-23(33)32(20-10-6-7-18(28)17-20)24(21-11-4-5-12-22(21)27)25(34)30-19-8-2-1-3-9-19/h4-7,10-12,17,19,24,29,31H,1-3,8-9,13-16H2,(H,30,34). The molecule has 1 atom stereocenters. The van der Waals surface area contributed by atoms with E-state index in [-0.39, 0.29) is 41.4 Å². The monoisotopic (exact) mass is 572 g/mol. The summed E-state index contributed by atoms with van der Waals surface area (Å²) in [4.78, 5) is 30.7. The highest BCUT2D eigenvalue weighted by Crippen LogP contribution is 2.33. The summed E-state index contributed by atoms with van der Waals surface area (Å²) in [5.41, 5.74) is 3.07. The van der Waals surface area contributed by atoms with Gasteiger partial charge in [0.1, 0.15) is 11.9 Å². The Morgan fingerprint density at radius 3 is 2.49 bits per heavy atom. The highest BCUT2D eigenvalue weighted by molar-refractivity contribution is 7.89. The number of nitrogens with zero attached hydrogens (tertiary/aromatic N) is 1. The molecule has 1 saturated carbocycles. The van der Waals surface area contributed by atoms with Gasteiger partial charge in [-0.3, -0.25) is 14.5 Å². The van der Waals surface area contributed by atoms with E-state index in [2.05, 4.69) is 15.6 Å². The van der Waals surface area contributed by atoms with Crippen LogP contribution in [0.5, 0.6) is 0 Å². The molecule has 12 heteroatoms. The number of hydrazine groups is 1. The SMILES string of the molecule is O=C(NC1CCCCC1)C(c1ccccc1Cl)N(C(=O)CCNNS(=O)(=O)CCCl)c1cccc(F)c1. The molecule has 0 heterocycles. The first-order valence-corrected chi connectivity index (χ1v) is 14.7. The molecule has 0 spiro atoms. The number of benzene rings is 2. The van der Waals surface area contributed by atoms with Crippen LogP contribution in [0.25, 0.3) is 0 Å². The number of amides is 2. The summed E-state index contributed by atoms with van der Waals surface area (Å²) in [6, 6.07) is 10.9. The van der Waals surface area contributed by atoms with E-state index >= 15 is 0 Å². The molecule has 37 heavy (non-hydrogen) atoms. The minimum Gasteiger partial charge on any atom is -0.351 e. The first-order chi connectivity index (χ1) is 17.7. The van der Waals surface area contributed by atoms with Crippen molar-refractivity contribution in [2.45, 2.75) is 50.6 Å². The van der Waals surface area contributed by atoms with Crippen LogP contribution in [0.3, 0.4) is 0 Å². The molecule has 202 valence electrons. The molecule has 0 saturated heterocycles. The van der Waals surface area contributed by atoms with E-state index < -0.39 is 33.7 Å². The Labute approximate surface area is 226 Å². The van der Waals surface area contributed by atoms with Gasteiger partial charge in [0.2, 0.25) is 21.8 Å². The number of hydrogen-bond acceptors (Lipinski definition) is 5. The highest BCUT2D eigenvalue weighted by Gasteiger charge is 2.35. The number of rotatable bonds is 12. The van der Waals surface area contributed by atoms with Crippen LogP contribution in [0.1, 0.15) is 50.1 Å². The fraction of sp³-hybridized carbons (Fsp3) is 0.440. The summed E-state index contributed by atoms with van der Waals surface area (Å²) >= 11 is 12.0. The van der Waals surface area contributed by atoms with E-state index in [4.69, 9.17) is 23.2 Å². The number of sulfonamides is 1. The summed E-state index contributed by atoms with van der Waals surface area (Å²) in [6.07, 6.45) is 4.58. The Bertz CT molecular complexity index is 1180. The van der Waals surface area contributed by atoms with Gasteiger partial charge < -0.3 is 5.32 Å². The van der Waals surface area contributed by atoms with Crippen LogP contribution in [0.2, 0.25) is 5.02 Å². The number of anilines is 1. The van der Waals surface area contributed by atoms with Crippen molar-refractivity contribution >= 4 is 50.7 Å². The van der Waals surface area contributed by atoms with E-state index in [1.165, 1.54) is 29.2 Å². The third kappa shape index (κ3) is 8.65. The molecule has 2 aromatic carbocycles. The lowest BCUT2D eigenvalue weighted by Gasteiger charge is -2.34. The topological polar surface area (TPSA) is 108 Å². The lowest BCUT2D eigenvalue weighted by molar-refractivity contribution is -0.127. The van der Waals surface area contributed by atoms with Crippen molar-refractivity contribution in [3.63, 3.8) is 0 Å². The average molecular weight is 574 g/mol. The van der Waals surface area contributed by atoms with E-state index in [1.807, 2.05) is 0 Å². The summed E-state index contributed by atoms with van der Waals surface area (Å²) in [5.74, 6) is -1.90. The van der Waals surface area contributed by atoms with Crippen LogP contribution in [0.4, 0.5) is 10.1 Å². The summed E-state index contributed by atoms with van der Waals surface area (Å²) < 4.78 is 37.9. The van der Waals surface area contributed by atoms with Crippen molar-refractivity contribution in [3.8, 4) is 0 Å². The Balaban J connectivity index is 1.92. The van der Waals surface area contributed by atoms with Crippen molar-refractivity contribution in [2.75, 3.05) is 23.1 Å². The fourth-order valence-electron chi connectivity index (χ4n) is 4.29. The van der Waals surface area contributed by atoms with Crippen LogP contribution in [0.15, 0.2) is 48.5 Å². The van der Waals surface area contributed by atoms with E-state index in [0.29, 0.717) is 5.56 Å². The van der Waals surface area contributed by atoms with Crippen LogP contribution in [0, 0.1) is 5.82 Å². The summed E-state index contributed by atoms with van der Waals surface area (Å²) in [6.45, 7) is -0.0777. The Kier molecular flexibility index (Phi) is 11.1. The minimum atomic E-state index is -3.65. The van der Waals surface area contributed by atoms with Crippen LogP contribution in [-0.4, -0.2) is 44.5 Å². The second kappa shape index (κ2) is 14.1. The third-order valence-electron chi connectivity index (χ3n) is 6.05. The predicted molar refractivity (Wildman–Crippen MR) is 143 cm³/mol. The third-order valence-corrected chi connectivity index (χ3v) is 8.00. The molecule has 3 N–H and O–H groups in total. The zero-order valence-corrected chi connectivity index (χ0v) is 22.6. The molecule has 0 bridgehead atoms. The van der Waals surface area contributed by atoms with E-state index in [0.717, 1.165) is 32.1 Å². The second-order valence-electron chi connectivity index (χ2n) is 8.80. The quantitative estimate of drug-likeness (QED) is 0.202. The van der Waals surface area contributed by atoms with Crippen LogP contribution >= 0.6 is 23.2 Å². The largest absolute Gasteiger partial charge is 0.351 e. The molecule has 1 aliphatic carbocycles. The molecule has 1 unspecified atom stereocenters. The number of nitrogens with one attached hydrogen (secondary N) is 3. The number of carbonyl (C=O) groups excluding carboxylic acids is 2. The number of alkyl halides is 1. The average Bonchev–Trinajstić information content (AvgIpc) is 2.86. The lowest BCUT2D eigenvalue weighted by atomic mass is 9.94. The van der Waals surface area contributed by atoms with Crippen molar-refractivity contribution < 1.29 is 22.4 Å². The Morgan fingerprint density at radius 1 is 1.08 bits per heavy atom. The van der Waals surface area contributed by atoms with Crippen molar-refractivity contribution in [2.24, 2.45) is 0 Å². The molecule has 2 aromatic rings. The van der Waals surface area contributed by atoms with E-state index in [1.54, 1.807) is 24.3 Å². The van der Waals surface area contributed by atoms with Gasteiger partial charge in [0.05, 0.1) is 5.75 Å². The lowest BCUT2D eigenvalue weighted by Crippen LogP contribution is -2.48. The molecule has 0 aromatic heterocycles. The molecular weight excluding hydrogens is 542 g/mol. The normalized spacial score (nSPS) is 15.2. The predicted octanol–water partition coefficient (Wildman–Crippen LogP) is 4.06. The number of carbonyl (C=O) groups is 2. The molecule has 0 aliphatic heterocycles. The van der Waals surface area contributed by atoms with Gasteiger partial charge in [-0.25, -0.2) is 18.2 Å².